The summed E-state index contributed by atoms with van der Waals surface area (Å²) in [6, 6.07) is 16.4. The number of fused-ring (bicyclic) bond motifs is 4. The maximum atomic E-state index is 13.2. The highest BCUT2D eigenvalue weighted by atomic mass is 16.5. The highest BCUT2D eigenvalue weighted by Gasteiger charge is 2.66. The minimum Gasteiger partial charge on any atom is -0.480 e. The molecule has 7 heteroatoms. The lowest BCUT2D eigenvalue weighted by molar-refractivity contribution is -0.147. The van der Waals surface area contributed by atoms with E-state index in [0.29, 0.717) is 6.42 Å². The van der Waals surface area contributed by atoms with Gasteiger partial charge in [-0.25, -0.2) is 4.79 Å². The van der Waals surface area contributed by atoms with Crippen molar-refractivity contribution in [1.29, 1.82) is 0 Å². The SMILES string of the molecule is O=C(O)CN(C(=O)C12CC(NC(=O)OCC3c4ccccc4-c4ccccc43)CC1C2)C1CC1. The minimum atomic E-state index is -0.972. The number of rotatable bonds is 7. The van der Waals surface area contributed by atoms with E-state index in [4.69, 9.17) is 4.74 Å². The number of hydrogen-bond acceptors (Lipinski definition) is 4. The summed E-state index contributed by atoms with van der Waals surface area (Å²) >= 11 is 0. The second kappa shape index (κ2) is 7.86. The third kappa shape index (κ3) is 3.54. The molecule has 7 nitrogen and oxygen atoms in total. The van der Waals surface area contributed by atoms with Crippen molar-refractivity contribution in [2.75, 3.05) is 13.2 Å². The second-order valence-corrected chi connectivity index (χ2v) is 10.2. The van der Waals surface area contributed by atoms with E-state index >= 15 is 0 Å². The first-order chi connectivity index (χ1) is 16.5. The largest absolute Gasteiger partial charge is 0.480 e. The van der Waals surface area contributed by atoms with E-state index < -0.39 is 17.5 Å². The summed E-state index contributed by atoms with van der Waals surface area (Å²) in [6.45, 7) is 0.0244. The molecule has 0 heterocycles. The molecule has 4 aliphatic carbocycles. The Morgan fingerprint density at radius 2 is 1.65 bits per heavy atom. The summed E-state index contributed by atoms with van der Waals surface area (Å²) in [4.78, 5) is 38.7. The van der Waals surface area contributed by atoms with Crippen molar-refractivity contribution in [1.82, 2.24) is 10.2 Å². The topological polar surface area (TPSA) is 95.9 Å². The van der Waals surface area contributed by atoms with E-state index in [1.807, 2.05) is 24.3 Å². The zero-order valence-corrected chi connectivity index (χ0v) is 18.9. The molecular weight excluding hydrogens is 432 g/mol. The standard InChI is InChI=1S/C27H28N2O5/c30-24(31)14-29(18-9-10-18)25(32)27-12-16(27)11-17(13-27)28-26(33)34-15-23-21-7-3-1-5-19(21)20-6-2-4-8-22(20)23/h1-8,16-18,23H,9-15H2,(H,28,33)(H,30,31). The smallest absolute Gasteiger partial charge is 0.407 e. The van der Waals surface area contributed by atoms with Crippen LogP contribution in [-0.4, -0.2) is 53.2 Å². The molecule has 2 aromatic rings. The Morgan fingerprint density at radius 3 is 2.26 bits per heavy atom. The average Bonchev–Trinajstić information content (AvgIpc) is 3.73. The van der Waals surface area contributed by atoms with Crippen molar-refractivity contribution in [2.45, 2.75) is 50.1 Å². The van der Waals surface area contributed by atoms with Gasteiger partial charge in [0.2, 0.25) is 5.91 Å². The van der Waals surface area contributed by atoms with Gasteiger partial charge in [0, 0.05) is 18.0 Å². The predicted molar refractivity (Wildman–Crippen MR) is 124 cm³/mol. The van der Waals surface area contributed by atoms with Crippen LogP contribution in [0.15, 0.2) is 48.5 Å². The fourth-order valence-corrected chi connectivity index (χ4v) is 6.26. The van der Waals surface area contributed by atoms with Crippen molar-refractivity contribution in [3.63, 3.8) is 0 Å². The predicted octanol–water partition coefficient (Wildman–Crippen LogP) is 3.77. The van der Waals surface area contributed by atoms with Crippen LogP contribution in [0.2, 0.25) is 0 Å². The van der Waals surface area contributed by atoms with E-state index in [-0.39, 0.29) is 43.0 Å². The number of amides is 2. The van der Waals surface area contributed by atoms with Crippen LogP contribution in [0.3, 0.4) is 0 Å². The lowest BCUT2D eigenvalue weighted by Crippen LogP contribution is -2.43. The molecule has 2 aromatic carbocycles. The van der Waals surface area contributed by atoms with E-state index in [1.54, 1.807) is 4.90 Å². The summed E-state index contributed by atoms with van der Waals surface area (Å²) in [5, 5.41) is 12.2. The van der Waals surface area contributed by atoms with Gasteiger partial charge in [-0.1, -0.05) is 48.5 Å². The van der Waals surface area contributed by atoms with Crippen LogP contribution in [0.4, 0.5) is 4.79 Å². The van der Waals surface area contributed by atoms with Gasteiger partial charge >= 0.3 is 12.1 Å². The van der Waals surface area contributed by atoms with Gasteiger partial charge in [-0.05, 0) is 60.3 Å². The Morgan fingerprint density at radius 1 is 1.00 bits per heavy atom. The van der Waals surface area contributed by atoms with Crippen LogP contribution in [-0.2, 0) is 14.3 Å². The lowest BCUT2D eigenvalue weighted by atomic mass is 9.98. The van der Waals surface area contributed by atoms with Gasteiger partial charge in [0.15, 0.2) is 0 Å². The van der Waals surface area contributed by atoms with Crippen molar-refractivity contribution in [3.8, 4) is 11.1 Å². The van der Waals surface area contributed by atoms with Crippen LogP contribution >= 0.6 is 0 Å². The molecule has 3 fully saturated rings. The number of aliphatic carboxylic acids is 1. The number of alkyl carbamates (subject to hydrolysis) is 1. The number of carboxylic acids is 1. The molecule has 3 saturated carbocycles. The molecule has 2 amide bonds. The molecule has 0 saturated heterocycles. The molecule has 0 bridgehead atoms. The fourth-order valence-electron chi connectivity index (χ4n) is 6.26. The number of carboxylic acid groups (broad SMARTS) is 1. The fraction of sp³-hybridized carbons (Fsp3) is 0.444. The monoisotopic (exact) mass is 460 g/mol. The molecule has 34 heavy (non-hydrogen) atoms. The van der Waals surface area contributed by atoms with Gasteiger partial charge in [0.25, 0.3) is 0 Å². The molecule has 4 aliphatic rings. The molecule has 3 unspecified atom stereocenters. The summed E-state index contributed by atoms with van der Waals surface area (Å²) in [6.07, 6.45) is 3.38. The highest BCUT2D eigenvalue weighted by Crippen LogP contribution is 2.64. The molecule has 0 aliphatic heterocycles. The van der Waals surface area contributed by atoms with Gasteiger partial charge in [0.1, 0.15) is 13.2 Å². The van der Waals surface area contributed by atoms with Gasteiger partial charge < -0.3 is 20.1 Å². The third-order valence-electron chi connectivity index (χ3n) is 8.06. The van der Waals surface area contributed by atoms with Crippen molar-refractivity contribution < 1.29 is 24.2 Å². The Balaban J connectivity index is 1.07. The Bertz CT molecular complexity index is 1130. The first-order valence-corrected chi connectivity index (χ1v) is 12.1. The zero-order valence-electron chi connectivity index (χ0n) is 18.9. The number of benzene rings is 2. The van der Waals surface area contributed by atoms with Crippen molar-refractivity contribution in [2.24, 2.45) is 11.3 Å². The molecule has 0 aromatic heterocycles. The van der Waals surface area contributed by atoms with Crippen LogP contribution in [0, 0.1) is 11.3 Å². The van der Waals surface area contributed by atoms with Crippen molar-refractivity contribution >= 4 is 18.0 Å². The summed E-state index contributed by atoms with van der Waals surface area (Å²) in [5.74, 6) is -0.792. The lowest BCUT2D eigenvalue weighted by Gasteiger charge is -2.26. The summed E-state index contributed by atoms with van der Waals surface area (Å²) in [7, 11) is 0. The third-order valence-corrected chi connectivity index (χ3v) is 8.06. The maximum Gasteiger partial charge on any atom is 0.407 e. The van der Waals surface area contributed by atoms with Gasteiger partial charge in [-0.2, -0.15) is 0 Å². The number of ether oxygens (including phenoxy) is 1. The zero-order chi connectivity index (χ0) is 23.4. The number of nitrogens with one attached hydrogen (secondary N) is 1. The first-order valence-electron chi connectivity index (χ1n) is 12.1. The van der Waals surface area contributed by atoms with Crippen molar-refractivity contribution in [3.05, 3.63) is 59.7 Å². The Labute approximate surface area is 198 Å². The van der Waals surface area contributed by atoms with E-state index in [0.717, 1.165) is 25.7 Å². The minimum absolute atomic E-state index is 0.00571. The van der Waals surface area contributed by atoms with Gasteiger partial charge in [0.05, 0.1) is 5.41 Å². The first kappa shape index (κ1) is 21.2. The summed E-state index contributed by atoms with van der Waals surface area (Å²) in [5.41, 5.74) is 4.21. The van der Waals surface area contributed by atoms with Crippen LogP contribution in [0.1, 0.15) is 49.1 Å². The highest BCUT2D eigenvalue weighted by molar-refractivity contribution is 5.90. The normalized spacial score (nSPS) is 26.2. The van der Waals surface area contributed by atoms with Crippen LogP contribution < -0.4 is 5.32 Å². The quantitative estimate of drug-likeness (QED) is 0.656. The Kier molecular flexibility index (Phi) is 4.90. The van der Waals surface area contributed by atoms with Gasteiger partial charge in [-0.15, -0.1) is 0 Å². The van der Waals surface area contributed by atoms with E-state index in [2.05, 4.69) is 29.6 Å². The number of hydrogen-bond donors (Lipinski definition) is 2. The molecule has 6 rings (SSSR count). The van der Waals surface area contributed by atoms with Gasteiger partial charge in [-0.3, -0.25) is 9.59 Å². The molecular formula is C27H28N2O5. The average molecular weight is 461 g/mol. The molecule has 2 N–H and O–H groups in total. The molecule has 3 atom stereocenters. The molecule has 0 spiro atoms. The van der Waals surface area contributed by atoms with E-state index in [1.165, 1.54) is 22.3 Å². The van der Waals surface area contributed by atoms with Crippen LogP contribution in [0.5, 0.6) is 0 Å². The van der Waals surface area contributed by atoms with Crippen LogP contribution in [0.25, 0.3) is 11.1 Å². The maximum absolute atomic E-state index is 13.2. The number of nitrogens with zero attached hydrogens (tertiary/aromatic N) is 1. The molecule has 176 valence electrons. The van der Waals surface area contributed by atoms with E-state index in [9.17, 15) is 19.5 Å². The number of carbonyl (C=O) groups excluding carboxylic acids is 2. The summed E-state index contributed by atoms with van der Waals surface area (Å²) < 4.78 is 5.67. The molecule has 0 radical (unpaired) electrons. The second-order valence-electron chi connectivity index (χ2n) is 10.2. The number of carbonyl (C=O) groups is 3. The Hall–Kier alpha value is -3.35.